The van der Waals surface area contributed by atoms with E-state index in [0.717, 1.165) is 0 Å². The number of quaternary nitrogens is 1. The second kappa shape index (κ2) is 8.53. The summed E-state index contributed by atoms with van der Waals surface area (Å²) >= 11 is 0. The van der Waals surface area contributed by atoms with Crippen molar-refractivity contribution >= 4 is 11.4 Å². The van der Waals surface area contributed by atoms with E-state index < -0.39 is 0 Å². The molecule has 0 aliphatic rings. The third-order valence-corrected chi connectivity index (χ3v) is 6.59. The first kappa shape index (κ1) is 21.1. The van der Waals surface area contributed by atoms with Gasteiger partial charge in [0.05, 0.1) is 0 Å². The summed E-state index contributed by atoms with van der Waals surface area (Å²) in [5, 5.41) is 2.25. The van der Waals surface area contributed by atoms with Crippen LogP contribution in [0.2, 0.25) is 0 Å². The van der Waals surface area contributed by atoms with Gasteiger partial charge in [0.15, 0.2) is 0 Å². The van der Waals surface area contributed by atoms with Gasteiger partial charge in [-0.1, -0.05) is 113 Å². The van der Waals surface area contributed by atoms with Crippen LogP contribution in [0.15, 0.2) is 109 Å². The van der Waals surface area contributed by atoms with Crippen LogP contribution in [-0.2, 0) is 10.8 Å². The normalized spacial score (nSPS) is 12.0. The molecule has 0 bridgehead atoms. The molecule has 0 radical (unpaired) electrons. The third kappa shape index (κ3) is 4.47. The quantitative estimate of drug-likeness (QED) is 0.337. The van der Waals surface area contributed by atoms with Crippen molar-refractivity contribution in [2.75, 3.05) is 0 Å². The van der Waals surface area contributed by atoms with Gasteiger partial charge in [0, 0.05) is 10.8 Å². The third-order valence-electron chi connectivity index (χ3n) is 6.59. The monoisotopic (exact) mass is 406 g/mol. The van der Waals surface area contributed by atoms with Gasteiger partial charge < -0.3 is 0 Å². The van der Waals surface area contributed by atoms with Crippen LogP contribution in [0.25, 0.3) is 0 Å². The Labute approximate surface area is 186 Å². The van der Waals surface area contributed by atoms with Crippen molar-refractivity contribution in [3.05, 3.63) is 131 Å². The van der Waals surface area contributed by atoms with Crippen LogP contribution in [0.4, 0.5) is 11.4 Å². The minimum Gasteiger partial charge on any atom is -0.282 e. The number of nitrogens with two attached hydrogens (primary N) is 1. The molecule has 0 spiro atoms. The van der Waals surface area contributed by atoms with Crippen LogP contribution < -0.4 is 5.32 Å². The van der Waals surface area contributed by atoms with Crippen molar-refractivity contribution in [3.8, 4) is 0 Å². The minimum absolute atomic E-state index is 0.00947. The van der Waals surface area contributed by atoms with E-state index in [1.54, 1.807) is 0 Å². The summed E-state index contributed by atoms with van der Waals surface area (Å²) in [6.07, 6.45) is 0. The van der Waals surface area contributed by atoms with E-state index in [9.17, 15) is 0 Å². The molecule has 0 unspecified atom stereocenters. The maximum atomic E-state index is 2.29. The summed E-state index contributed by atoms with van der Waals surface area (Å²) in [6, 6.07) is 39.3. The lowest BCUT2D eigenvalue weighted by molar-refractivity contribution is -0.478. The predicted octanol–water partition coefficient (Wildman–Crippen LogP) is 6.87. The highest BCUT2D eigenvalue weighted by atomic mass is 14.9. The van der Waals surface area contributed by atoms with Gasteiger partial charge in [-0.15, -0.1) is 0 Å². The van der Waals surface area contributed by atoms with Crippen molar-refractivity contribution in [1.29, 1.82) is 0 Å². The van der Waals surface area contributed by atoms with E-state index in [4.69, 9.17) is 0 Å². The Kier molecular flexibility index (Phi) is 5.80. The topological polar surface area (TPSA) is 16.6 Å². The SMILES string of the molecule is CC(C)(c1ccccc1)c1ccc([NH2+]c2ccc(C(C)(C)c3ccccc3)cc2)cc1. The molecule has 0 heterocycles. The molecular weight excluding hydrogens is 374 g/mol. The Hall–Kier alpha value is -3.16. The molecule has 4 rings (SSSR count). The maximum absolute atomic E-state index is 2.29. The van der Waals surface area contributed by atoms with Gasteiger partial charge in [-0.3, -0.25) is 5.32 Å². The van der Waals surface area contributed by atoms with Crippen LogP contribution in [0.5, 0.6) is 0 Å². The van der Waals surface area contributed by atoms with Crippen LogP contribution in [0.3, 0.4) is 0 Å². The first-order valence-electron chi connectivity index (χ1n) is 11.0. The van der Waals surface area contributed by atoms with E-state index in [1.165, 1.54) is 33.6 Å². The van der Waals surface area contributed by atoms with Gasteiger partial charge in [-0.05, 0) is 46.5 Å². The lowest BCUT2D eigenvalue weighted by Gasteiger charge is -2.26. The first-order valence-corrected chi connectivity index (χ1v) is 11.0. The Morgan fingerprint density at radius 2 is 0.677 bits per heavy atom. The fourth-order valence-corrected chi connectivity index (χ4v) is 4.23. The van der Waals surface area contributed by atoms with Crippen LogP contribution in [0, 0.1) is 0 Å². The van der Waals surface area contributed by atoms with E-state index in [0.29, 0.717) is 0 Å². The van der Waals surface area contributed by atoms with Crippen molar-refractivity contribution in [3.63, 3.8) is 0 Å². The Morgan fingerprint density at radius 3 is 1.00 bits per heavy atom. The van der Waals surface area contributed by atoms with E-state index in [-0.39, 0.29) is 10.8 Å². The molecule has 0 aromatic heterocycles. The van der Waals surface area contributed by atoms with Gasteiger partial charge in [0.2, 0.25) is 0 Å². The highest BCUT2D eigenvalue weighted by Crippen LogP contribution is 2.32. The Bertz CT molecular complexity index is 1010. The van der Waals surface area contributed by atoms with E-state index in [2.05, 4.69) is 142 Å². The minimum atomic E-state index is -0.00947. The molecule has 0 amide bonds. The molecule has 4 aromatic rings. The molecule has 0 fully saturated rings. The van der Waals surface area contributed by atoms with Crippen molar-refractivity contribution in [2.24, 2.45) is 0 Å². The number of hydrogen-bond acceptors (Lipinski definition) is 0. The van der Waals surface area contributed by atoms with Crippen LogP contribution in [-0.4, -0.2) is 0 Å². The van der Waals surface area contributed by atoms with Crippen molar-refractivity contribution in [2.45, 2.75) is 38.5 Å². The zero-order valence-electron chi connectivity index (χ0n) is 19.0. The molecule has 0 aliphatic heterocycles. The standard InChI is InChI=1S/C30H31N/c1-29(2,23-11-7-5-8-12-23)25-15-19-27(20-16-25)31-28-21-17-26(18-22-28)30(3,4)24-13-9-6-10-14-24/h5-22,31H,1-4H3/p+1. The van der Waals surface area contributed by atoms with Gasteiger partial charge in [-0.25, -0.2) is 0 Å². The van der Waals surface area contributed by atoms with E-state index >= 15 is 0 Å². The zero-order valence-corrected chi connectivity index (χ0v) is 19.0. The van der Waals surface area contributed by atoms with Crippen LogP contribution in [0.1, 0.15) is 49.9 Å². The van der Waals surface area contributed by atoms with E-state index in [1.807, 2.05) is 0 Å². The number of benzene rings is 4. The predicted molar refractivity (Wildman–Crippen MR) is 131 cm³/mol. The molecule has 0 atom stereocenters. The molecule has 2 N–H and O–H groups in total. The molecule has 4 aromatic carbocycles. The Morgan fingerprint density at radius 1 is 0.387 bits per heavy atom. The van der Waals surface area contributed by atoms with Crippen molar-refractivity contribution < 1.29 is 5.32 Å². The number of hydrogen-bond donors (Lipinski definition) is 1. The maximum Gasteiger partial charge on any atom is 0.134 e. The van der Waals surface area contributed by atoms with Crippen LogP contribution >= 0.6 is 0 Å². The molecule has 0 saturated heterocycles. The summed E-state index contributed by atoms with van der Waals surface area (Å²) in [7, 11) is 0. The summed E-state index contributed by atoms with van der Waals surface area (Å²) in [4.78, 5) is 0. The second-order valence-electron chi connectivity index (χ2n) is 9.37. The molecule has 0 saturated carbocycles. The molecule has 0 aliphatic carbocycles. The lowest BCUT2D eigenvalue weighted by Crippen LogP contribution is -2.70. The van der Waals surface area contributed by atoms with Gasteiger partial charge >= 0.3 is 0 Å². The molecule has 1 heteroatoms. The molecule has 156 valence electrons. The second-order valence-corrected chi connectivity index (χ2v) is 9.37. The fraction of sp³-hybridized carbons (Fsp3) is 0.200. The zero-order chi connectivity index (χ0) is 21.9. The fourth-order valence-electron chi connectivity index (χ4n) is 4.23. The molecular formula is C30H32N+. The Balaban J connectivity index is 1.49. The lowest BCUT2D eigenvalue weighted by atomic mass is 9.78. The molecule has 31 heavy (non-hydrogen) atoms. The smallest absolute Gasteiger partial charge is 0.134 e. The summed E-state index contributed by atoms with van der Waals surface area (Å²) in [6.45, 7) is 9.14. The average molecular weight is 407 g/mol. The van der Waals surface area contributed by atoms with Gasteiger partial charge in [-0.2, -0.15) is 0 Å². The average Bonchev–Trinajstić information content (AvgIpc) is 2.81. The molecule has 1 nitrogen and oxygen atoms in total. The van der Waals surface area contributed by atoms with Gasteiger partial charge in [0.25, 0.3) is 0 Å². The highest BCUT2D eigenvalue weighted by Gasteiger charge is 2.24. The van der Waals surface area contributed by atoms with Crippen molar-refractivity contribution in [1.82, 2.24) is 0 Å². The summed E-state index contributed by atoms with van der Waals surface area (Å²) in [5.74, 6) is 0. The highest BCUT2D eigenvalue weighted by molar-refractivity contribution is 5.45. The van der Waals surface area contributed by atoms with Gasteiger partial charge in [0.1, 0.15) is 11.4 Å². The largest absolute Gasteiger partial charge is 0.282 e. The number of rotatable bonds is 6. The summed E-state index contributed by atoms with van der Waals surface area (Å²) in [5.41, 5.74) is 7.76. The summed E-state index contributed by atoms with van der Waals surface area (Å²) < 4.78 is 0. The first-order chi connectivity index (χ1) is 14.9.